The minimum atomic E-state index is -0.697. The highest BCUT2D eigenvalue weighted by Crippen LogP contribution is 2.20. The molecule has 0 aliphatic heterocycles. The number of nitrogens with zero attached hydrogens (tertiary/aromatic N) is 1. The maximum atomic E-state index is 11.8. The summed E-state index contributed by atoms with van der Waals surface area (Å²) in [7, 11) is 0. The fourth-order valence-corrected chi connectivity index (χ4v) is 1.66. The van der Waals surface area contributed by atoms with Crippen molar-refractivity contribution in [2.24, 2.45) is 0 Å². The monoisotopic (exact) mass is 287 g/mol. The average Bonchev–Trinajstić information content (AvgIpc) is 2.91. The van der Waals surface area contributed by atoms with Crippen molar-refractivity contribution >= 4 is 17.5 Å². The molecule has 2 aromatic rings. The Kier molecular flexibility index (Phi) is 4.07. The van der Waals surface area contributed by atoms with E-state index in [1.807, 2.05) is 20.8 Å². The van der Waals surface area contributed by atoms with Gasteiger partial charge in [-0.15, -0.1) is 0 Å². The van der Waals surface area contributed by atoms with Gasteiger partial charge in [-0.1, -0.05) is 0 Å². The fourth-order valence-electron chi connectivity index (χ4n) is 1.66. The molecule has 1 aromatic carbocycles. The van der Waals surface area contributed by atoms with Gasteiger partial charge in [0.15, 0.2) is 12.2 Å². The van der Waals surface area contributed by atoms with E-state index in [1.165, 1.54) is 6.39 Å². The Labute approximate surface area is 122 Å². The van der Waals surface area contributed by atoms with Crippen LogP contribution in [0.2, 0.25) is 0 Å². The van der Waals surface area contributed by atoms with Crippen LogP contribution in [0.1, 0.15) is 20.8 Å². The van der Waals surface area contributed by atoms with Crippen LogP contribution in [0.15, 0.2) is 41.3 Å². The molecule has 0 saturated heterocycles. The summed E-state index contributed by atoms with van der Waals surface area (Å²) in [6.07, 6.45) is 2.95. The molecule has 2 rings (SSSR count). The first-order chi connectivity index (χ1) is 9.85. The number of rotatable bonds is 2. The van der Waals surface area contributed by atoms with Gasteiger partial charge in [0.05, 0.1) is 6.20 Å². The number of hydrogen-bond acceptors (Lipinski definition) is 4. The molecular formula is C15H17N3O3. The lowest BCUT2D eigenvalue weighted by Crippen LogP contribution is -2.46. The lowest BCUT2D eigenvalue weighted by molar-refractivity contribution is -0.137. The number of benzene rings is 1. The summed E-state index contributed by atoms with van der Waals surface area (Å²) < 4.78 is 5.17. The second-order valence-electron chi connectivity index (χ2n) is 5.60. The van der Waals surface area contributed by atoms with Crippen LogP contribution in [0.4, 0.5) is 5.69 Å². The van der Waals surface area contributed by atoms with Crippen LogP contribution in [-0.4, -0.2) is 22.3 Å². The van der Waals surface area contributed by atoms with Crippen molar-refractivity contribution in [1.29, 1.82) is 0 Å². The number of carbonyl (C=O) groups excluding carboxylic acids is 2. The molecule has 2 N–H and O–H groups in total. The smallest absolute Gasteiger partial charge is 0.313 e. The summed E-state index contributed by atoms with van der Waals surface area (Å²) in [6.45, 7) is 5.43. The van der Waals surface area contributed by atoms with Gasteiger partial charge in [0.25, 0.3) is 0 Å². The van der Waals surface area contributed by atoms with Crippen LogP contribution in [0.25, 0.3) is 11.3 Å². The largest absolute Gasteiger partial charge is 0.444 e. The summed E-state index contributed by atoms with van der Waals surface area (Å²) in [4.78, 5) is 27.3. The van der Waals surface area contributed by atoms with E-state index in [9.17, 15) is 9.59 Å². The Morgan fingerprint density at radius 2 is 1.76 bits per heavy atom. The van der Waals surface area contributed by atoms with Gasteiger partial charge in [-0.2, -0.15) is 0 Å². The summed E-state index contributed by atoms with van der Waals surface area (Å²) in [5.74, 6) is -0.725. The molecule has 6 heteroatoms. The van der Waals surface area contributed by atoms with Crippen molar-refractivity contribution in [2.75, 3.05) is 5.32 Å². The third-order valence-corrected chi connectivity index (χ3v) is 2.55. The van der Waals surface area contributed by atoms with Crippen LogP contribution in [0.5, 0.6) is 0 Å². The quantitative estimate of drug-likeness (QED) is 0.829. The first-order valence-electron chi connectivity index (χ1n) is 6.47. The van der Waals surface area contributed by atoms with E-state index in [-0.39, 0.29) is 0 Å². The number of nitrogens with one attached hydrogen (secondary N) is 2. The SMILES string of the molecule is CC(C)(C)NC(=O)C(=O)Nc1ccc(-c2cnco2)cc1. The number of aromatic nitrogens is 1. The van der Waals surface area contributed by atoms with Crippen LogP contribution >= 0.6 is 0 Å². The number of carbonyl (C=O) groups is 2. The first kappa shape index (κ1) is 14.8. The van der Waals surface area contributed by atoms with Gasteiger partial charge in [0.1, 0.15) is 0 Å². The Morgan fingerprint density at radius 1 is 1.10 bits per heavy atom. The second-order valence-corrected chi connectivity index (χ2v) is 5.60. The van der Waals surface area contributed by atoms with Crippen LogP contribution in [0.3, 0.4) is 0 Å². The highest BCUT2D eigenvalue weighted by atomic mass is 16.3. The Morgan fingerprint density at radius 3 is 2.29 bits per heavy atom. The fraction of sp³-hybridized carbons (Fsp3) is 0.267. The summed E-state index contributed by atoms with van der Waals surface area (Å²) >= 11 is 0. The van der Waals surface area contributed by atoms with E-state index in [2.05, 4.69) is 15.6 Å². The predicted molar refractivity (Wildman–Crippen MR) is 78.5 cm³/mol. The van der Waals surface area contributed by atoms with Crippen molar-refractivity contribution in [3.8, 4) is 11.3 Å². The van der Waals surface area contributed by atoms with Crippen LogP contribution in [-0.2, 0) is 9.59 Å². The zero-order chi connectivity index (χ0) is 15.5. The molecule has 0 spiro atoms. The molecule has 0 aliphatic carbocycles. The third-order valence-electron chi connectivity index (χ3n) is 2.55. The Bertz CT molecular complexity index is 625. The van der Waals surface area contributed by atoms with Crippen molar-refractivity contribution < 1.29 is 14.0 Å². The van der Waals surface area contributed by atoms with Gasteiger partial charge in [0, 0.05) is 16.8 Å². The molecule has 0 bridgehead atoms. The number of amides is 2. The van der Waals surface area contributed by atoms with E-state index >= 15 is 0 Å². The molecule has 0 unspecified atom stereocenters. The van der Waals surface area contributed by atoms with Crippen LogP contribution < -0.4 is 10.6 Å². The van der Waals surface area contributed by atoms with Gasteiger partial charge in [0.2, 0.25) is 0 Å². The van der Waals surface area contributed by atoms with Crippen molar-refractivity contribution in [1.82, 2.24) is 10.3 Å². The molecule has 0 atom stereocenters. The zero-order valence-corrected chi connectivity index (χ0v) is 12.1. The molecule has 110 valence electrons. The molecule has 0 fully saturated rings. The van der Waals surface area contributed by atoms with Crippen molar-refractivity contribution in [3.05, 3.63) is 36.9 Å². The van der Waals surface area contributed by atoms with E-state index in [1.54, 1.807) is 30.5 Å². The van der Waals surface area contributed by atoms with Gasteiger partial charge in [-0.25, -0.2) is 4.98 Å². The second kappa shape index (κ2) is 5.78. The zero-order valence-electron chi connectivity index (χ0n) is 12.1. The summed E-state index contributed by atoms with van der Waals surface area (Å²) in [5, 5.41) is 5.14. The van der Waals surface area contributed by atoms with Crippen LogP contribution in [0, 0.1) is 0 Å². The lowest BCUT2D eigenvalue weighted by Gasteiger charge is -2.19. The number of hydrogen-bond donors (Lipinski definition) is 2. The standard InChI is InChI=1S/C15H17N3O3/c1-15(2,3)18-14(20)13(19)17-11-6-4-10(5-7-11)12-8-16-9-21-12/h4-9H,1-3H3,(H,17,19)(H,18,20). The minimum absolute atomic E-state index is 0.454. The normalized spacial score (nSPS) is 11.0. The van der Waals surface area contributed by atoms with Gasteiger partial charge in [-0.05, 0) is 45.0 Å². The van der Waals surface area contributed by atoms with Crippen molar-refractivity contribution in [2.45, 2.75) is 26.3 Å². The average molecular weight is 287 g/mol. The molecular weight excluding hydrogens is 270 g/mol. The Hall–Kier alpha value is -2.63. The van der Waals surface area contributed by atoms with Gasteiger partial charge < -0.3 is 15.1 Å². The minimum Gasteiger partial charge on any atom is -0.444 e. The van der Waals surface area contributed by atoms with Crippen molar-refractivity contribution in [3.63, 3.8) is 0 Å². The molecule has 1 heterocycles. The molecule has 0 aliphatic rings. The number of anilines is 1. The Balaban J connectivity index is 2.00. The third kappa shape index (κ3) is 4.17. The molecule has 1 aromatic heterocycles. The predicted octanol–water partition coefficient (Wildman–Crippen LogP) is 2.19. The van der Waals surface area contributed by atoms with E-state index in [4.69, 9.17) is 4.42 Å². The van der Waals surface area contributed by atoms with E-state index in [0.717, 1.165) is 5.56 Å². The first-order valence-corrected chi connectivity index (χ1v) is 6.47. The van der Waals surface area contributed by atoms with Gasteiger partial charge >= 0.3 is 11.8 Å². The number of oxazole rings is 1. The highest BCUT2D eigenvalue weighted by Gasteiger charge is 2.20. The maximum Gasteiger partial charge on any atom is 0.313 e. The van der Waals surface area contributed by atoms with Gasteiger partial charge in [-0.3, -0.25) is 9.59 Å². The molecule has 0 saturated carbocycles. The molecule has 21 heavy (non-hydrogen) atoms. The molecule has 0 radical (unpaired) electrons. The van der Waals surface area contributed by atoms with E-state index < -0.39 is 17.4 Å². The molecule has 2 amide bonds. The topological polar surface area (TPSA) is 84.2 Å². The molecule has 6 nitrogen and oxygen atoms in total. The summed E-state index contributed by atoms with van der Waals surface area (Å²) in [5.41, 5.74) is 0.918. The highest BCUT2D eigenvalue weighted by molar-refractivity contribution is 6.39. The summed E-state index contributed by atoms with van der Waals surface area (Å²) in [6, 6.07) is 6.94. The van der Waals surface area contributed by atoms with E-state index in [0.29, 0.717) is 11.4 Å². The lowest BCUT2D eigenvalue weighted by atomic mass is 10.1. The maximum absolute atomic E-state index is 11.8.